The zero-order valence-corrected chi connectivity index (χ0v) is 9.67. The Morgan fingerprint density at radius 1 is 1.50 bits per heavy atom. The molecule has 0 aromatic heterocycles. The summed E-state index contributed by atoms with van der Waals surface area (Å²) < 4.78 is 6.28. The van der Waals surface area contributed by atoms with Gasteiger partial charge in [-0.05, 0) is 24.7 Å². The molecule has 0 saturated carbocycles. The summed E-state index contributed by atoms with van der Waals surface area (Å²) in [4.78, 5) is 0. The van der Waals surface area contributed by atoms with Crippen LogP contribution in [0.25, 0.3) is 0 Å². The fourth-order valence-corrected chi connectivity index (χ4v) is 1.61. The minimum absolute atomic E-state index is 0.0376. The Kier molecular flexibility index (Phi) is 4.93. The maximum absolute atomic E-state index is 8.59. The van der Waals surface area contributed by atoms with Crippen LogP contribution < -0.4 is 10.1 Å². The highest BCUT2D eigenvalue weighted by atomic mass is 79.9. The van der Waals surface area contributed by atoms with Crippen LogP contribution in [0.3, 0.4) is 0 Å². The maximum Gasteiger partial charge on any atom is 0.120 e. The predicted molar refractivity (Wildman–Crippen MR) is 59.5 cm³/mol. The number of rotatable bonds is 5. The molecule has 0 spiro atoms. The van der Waals surface area contributed by atoms with E-state index >= 15 is 0 Å². The van der Waals surface area contributed by atoms with Crippen molar-refractivity contribution in [1.29, 1.82) is 0 Å². The van der Waals surface area contributed by atoms with Crippen LogP contribution in [0.5, 0.6) is 5.75 Å². The van der Waals surface area contributed by atoms with Crippen molar-refractivity contribution >= 4 is 15.9 Å². The lowest BCUT2D eigenvalue weighted by molar-refractivity contribution is 0.201. The molecule has 0 fully saturated rings. The number of aliphatic hydroxyl groups is 1. The molecule has 0 radical (unpaired) electrons. The van der Waals surface area contributed by atoms with Gasteiger partial charge in [-0.3, -0.25) is 0 Å². The number of ether oxygens (including phenoxy) is 1. The van der Waals surface area contributed by atoms with Crippen molar-refractivity contribution in [2.24, 2.45) is 0 Å². The summed E-state index contributed by atoms with van der Waals surface area (Å²) in [5.41, 5.74) is 1.18. The second kappa shape index (κ2) is 6.01. The first-order chi connectivity index (χ1) is 6.77. The Hall–Kier alpha value is -0.580. The Bertz CT molecular complexity index is 291. The largest absolute Gasteiger partial charge is 0.491 e. The fraction of sp³-hybridized carbons (Fsp3) is 0.400. The third kappa shape index (κ3) is 3.29. The molecule has 4 heteroatoms. The molecule has 14 heavy (non-hydrogen) atoms. The van der Waals surface area contributed by atoms with Crippen molar-refractivity contribution < 1.29 is 9.84 Å². The van der Waals surface area contributed by atoms with Crippen LogP contribution in [0.1, 0.15) is 5.56 Å². The summed E-state index contributed by atoms with van der Waals surface area (Å²) in [5.74, 6) is 0.769. The van der Waals surface area contributed by atoms with Crippen LogP contribution in [0.2, 0.25) is 0 Å². The van der Waals surface area contributed by atoms with Gasteiger partial charge >= 0.3 is 0 Å². The topological polar surface area (TPSA) is 41.5 Å². The first kappa shape index (κ1) is 11.5. The molecular weight excluding hydrogens is 246 g/mol. The highest BCUT2D eigenvalue weighted by Crippen LogP contribution is 2.22. The minimum atomic E-state index is 0.0376. The van der Waals surface area contributed by atoms with Crippen LogP contribution in [-0.4, -0.2) is 25.4 Å². The zero-order chi connectivity index (χ0) is 10.4. The molecule has 0 heterocycles. The molecule has 1 aromatic rings. The second-order valence-electron chi connectivity index (χ2n) is 2.86. The molecule has 0 aliphatic carbocycles. The van der Waals surface area contributed by atoms with E-state index in [-0.39, 0.29) is 6.61 Å². The third-order valence-electron chi connectivity index (χ3n) is 1.75. The van der Waals surface area contributed by atoms with Gasteiger partial charge in [0.05, 0.1) is 6.61 Å². The van der Waals surface area contributed by atoms with Crippen molar-refractivity contribution in [1.82, 2.24) is 5.32 Å². The highest BCUT2D eigenvalue weighted by molar-refractivity contribution is 9.10. The lowest BCUT2D eigenvalue weighted by Crippen LogP contribution is -2.06. The summed E-state index contributed by atoms with van der Waals surface area (Å²) in [6.07, 6.45) is 0. The average Bonchev–Trinajstić information content (AvgIpc) is 2.19. The van der Waals surface area contributed by atoms with E-state index in [1.807, 2.05) is 25.2 Å². The van der Waals surface area contributed by atoms with E-state index in [4.69, 9.17) is 9.84 Å². The lowest BCUT2D eigenvalue weighted by atomic mass is 10.2. The summed E-state index contributed by atoms with van der Waals surface area (Å²) in [7, 11) is 1.91. The van der Waals surface area contributed by atoms with E-state index < -0.39 is 0 Å². The molecule has 78 valence electrons. The predicted octanol–water partition coefficient (Wildman–Crippen LogP) is 1.54. The van der Waals surface area contributed by atoms with Gasteiger partial charge in [-0.1, -0.05) is 22.0 Å². The summed E-state index contributed by atoms with van der Waals surface area (Å²) in [6.45, 7) is 1.19. The molecule has 0 saturated heterocycles. The van der Waals surface area contributed by atoms with E-state index in [1.54, 1.807) is 0 Å². The van der Waals surface area contributed by atoms with E-state index in [2.05, 4.69) is 21.2 Å². The quantitative estimate of drug-likeness (QED) is 0.843. The Morgan fingerprint density at radius 2 is 2.29 bits per heavy atom. The molecule has 3 nitrogen and oxygen atoms in total. The van der Waals surface area contributed by atoms with E-state index in [1.165, 1.54) is 5.56 Å². The van der Waals surface area contributed by atoms with Gasteiger partial charge in [0.2, 0.25) is 0 Å². The van der Waals surface area contributed by atoms with Crippen molar-refractivity contribution in [2.45, 2.75) is 6.54 Å². The van der Waals surface area contributed by atoms with Gasteiger partial charge in [0.15, 0.2) is 0 Å². The number of hydrogen-bond donors (Lipinski definition) is 2. The number of benzene rings is 1. The van der Waals surface area contributed by atoms with Gasteiger partial charge in [-0.25, -0.2) is 0 Å². The third-order valence-corrected chi connectivity index (χ3v) is 2.49. The number of hydrogen-bond acceptors (Lipinski definition) is 3. The van der Waals surface area contributed by atoms with Crippen molar-refractivity contribution in [3.8, 4) is 5.75 Å². The highest BCUT2D eigenvalue weighted by Gasteiger charge is 2.00. The van der Waals surface area contributed by atoms with Crippen molar-refractivity contribution in [2.75, 3.05) is 20.3 Å². The van der Waals surface area contributed by atoms with Gasteiger partial charge in [0, 0.05) is 11.0 Å². The van der Waals surface area contributed by atoms with Gasteiger partial charge in [0.1, 0.15) is 12.4 Å². The SMILES string of the molecule is CNCc1ccc(OCCO)cc1Br. The normalized spacial score (nSPS) is 10.2. The molecule has 0 amide bonds. The van der Waals surface area contributed by atoms with Gasteiger partial charge in [-0.2, -0.15) is 0 Å². The van der Waals surface area contributed by atoms with Crippen LogP contribution in [0.15, 0.2) is 22.7 Å². The molecule has 1 aromatic carbocycles. The molecule has 2 N–H and O–H groups in total. The van der Waals surface area contributed by atoms with Crippen LogP contribution in [0, 0.1) is 0 Å². The van der Waals surface area contributed by atoms with Gasteiger partial charge in [0.25, 0.3) is 0 Å². The summed E-state index contributed by atoms with van der Waals surface area (Å²) >= 11 is 3.46. The van der Waals surface area contributed by atoms with E-state index in [9.17, 15) is 0 Å². The second-order valence-corrected chi connectivity index (χ2v) is 3.71. The van der Waals surface area contributed by atoms with Crippen LogP contribution in [0.4, 0.5) is 0 Å². The monoisotopic (exact) mass is 259 g/mol. The average molecular weight is 260 g/mol. The van der Waals surface area contributed by atoms with Gasteiger partial charge < -0.3 is 15.2 Å². The van der Waals surface area contributed by atoms with Crippen LogP contribution in [-0.2, 0) is 6.54 Å². The molecule has 0 aliphatic heterocycles. The molecule has 0 unspecified atom stereocenters. The smallest absolute Gasteiger partial charge is 0.120 e. The number of halogens is 1. The zero-order valence-electron chi connectivity index (χ0n) is 8.09. The van der Waals surface area contributed by atoms with Crippen LogP contribution >= 0.6 is 15.9 Å². The molecule has 0 aliphatic rings. The first-order valence-corrected chi connectivity index (χ1v) is 5.24. The summed E-state index contributed by atoms with van der Waals surface area (Å²) in [5, 5.41) is 11.7. The van der Waals surface area contributed by atoms with Crippen molar-refractivity contribution in [3.63, 3.8) is 0 Å². The molecule has 1 rings (SSSR count). The molecule has 0 bridgehead atoms. The first-order valence-electron chi connectivity index (χ1n) is 4.44. The fourth-order valence-electron chi connectivity index (χ4n) is 1.12. The van der Waals surface area contributed by atoms with Crippen molar-refractivity contribution in [3.05, 3.63) is 28.2 Å². The number of nitrogens with one attached hydrogen (secondary N) is 1. The Labute approximate surface area is 92.2 Å². The number of aliphatic hydroxyl groups excluding tert-OH is 1. The standard InChI is InChI=1S/C10H14BrNO2/c1-12-7-8-2-3-9(6-10(8)11)14-5-4-13/h2-3,6,12-13H,4-5,7H2,1H3. The minimum Gasteiger partial charge on any atom is -0.491 e. The molecule has 0 atom stereocenters. The summed E-state index contributed by atoms with van der Waals surface area (Å²) in [6, 6.07) is 5.79. The molecular formula is C10H14BrNO2. The lowest BCUT2D eigenvalue weighted by Gasteiger charge is -2.07. The van der Waals surface area contributed by atoms with E-state index in [0.29, 0.717) is 6.61 Å². The Balaban J connectivity index is 2.68. The Morgan fingerprint density at radius 3 is 2.86 bits per heavy atom. The maximum atomic E-state index is 8.59. The van der Waals surface area contributed by atoms with Gasteiger partial charge in [-0.15, -0.1) is 0 Å². The van der Waals surface area contributed by atoms with E-state index in [0.717, 1.165) is 16.8 Å².